The molecule has 3 N–H and O–H groups in total. The Hall–Kier alpha value is -2.15. The van der Waals surface area contributed by atoms with Gasteiger partial charge in [0.25, 0.3) is 5.91 Å². The predicted molar refractivity (Wildman–Crippen MR) is 51.0 cm³/mol. The molecular formula is C9H9NO6. The first-order valence-corrected chi connectivity index (χ1v) is 4.28. The van der Waals surface area contributed by atoms with E-state index in [4.69, 9.17) is 10.2 Å². The molecule has 0 fully saturated rings. The van der Waals surface area contributed by atoms with Gasteiger partial charge in [0.2, 0.25) is 0 Å². The molecule has 0 spiro atoms. The number of hydrogen-bond acceptors (Lipinski definition) is 5. The molecule has 1 rings (SSSR count). The van der Waals surface area contributed by atoms with Crippen LogP contribution in [0.15, 0.2) is 27.6 Å². The van der Waals surface area contributed by atoms with Crippen molar-refractivity contribution in [2.24, 2.45) is 0 Å². The summed E-state index contributed by atoms with van der Waals surface area (Å²) in [5.74, 6) is -2.10. The molecule has 1 heterocycles. The molecule has 0 saturated heterocycles. The fourth-order valence-corrected chi connectivity index (χ4v) is 0.914. The largest absolute Gasteiger partial charge is 0.480 e. The van der Waals surface area contributed by atoms with Crippen molar-refractivity contribution >= 4 is 11.9 Å². The van der Waals surface area contributed by atoms with Crippen LogP contribution >= 0.6 is 0 Å². The Balaban J connectivity index is 2.75. The molecule has 1 aromatic heterocycles. The number of carbonyl (C=O) groups excluding carboxylic acids is 1. The van der Waals surface area contributed by atoms with Gasteiger partial charge in [0.15, 0.2) is 6.04 Å². The minimum absolute atomic E-state index is 0.000648. The average Bonchev–Trinajstić information content (AvgIpc) is 2.26. The summed E-state index contributed by atoms with van der Waals surface area (Å²) >= 11 is 0. The summed E-state index contributed by atoms with van der Waals surface area (Å²) in [7, 11) is 0. The van der Waals surface area contributed by atoms with Gasteiger partial charge in [0, 0.05) is 6.07 Å². The molecule has 16 heavy (non-hydrogen) atoms. The number of carbonyl (C=O) groups is 2. The summed E-state index contributed by atoms with van der Waals surface area (Å²) in [4.78, 5) is 32.5. The Morgan fingerprint density at radius 3 is 2.56 bits per heavy atom. The van der Waals surface area contributed by atoms with E-state index < -0.39 is 30.2 Å². The standard InChI is InChI=1S/C9H9NO6/c11-3-6(9(14)15)10-8(13)5-1-2-7(12)16-4-5/h1-2,4,6,11H,3H2,(H,10,13)(H,14,15)/t6-/m0/s1. The van der Waals surface area contributed by atoms with Crippen molar-refractivity contribution in [2.75, 3.05) is 6.61 Å². The molecule has 86 valence electrons. The number of aliphatic hydroxyl groups excluding tert-OH is 1. The lowest BCUT2D eigenvalue weighted by molar-refractivity contribution is -0.140. The third-order valence-corrected chi connectivity index (χ3v) is 1.75. The van der Waals surface area contributed by atoms with Gasteiger partial charge in [-0.3, -0.25) is 4.79 Å². The highest BCUT2D eigenvalue weighted by Gasteiger charge is 2.19. The van der Waals surface area contributed by atoms with Crippen molar-refractivity contribution in [1.29, 1.82) is 0 Å². The Bertz CT molecular complexity index is 431. The molecule has 0 unspecified atom stereocenters. The van der Waals surface area contributed by atoms with E-state index in [2.05, 4.69) is 9.73 Å². The highest BCUT2D eigenvalue weighted by Crippen LogP contribution is 1.96. The van der Waals surface area contributed by atoms with Crippen LogP contribution < -0.4 is 10.9 Å². The van der Waals surface area contributed by atoms with Gasteiger partial charge in [-0.05, 0) is 6.07 Å². The molecule has 0 aliphatic carbocycles. The van der Waals surface area contributed by atoms with Gasteiger partial charge in [-0.25, -0.2) is 9.59 Å². The fraction of sp³-hybridized carbons (Fsp3) is 0.222. The third kappa shape index (κ3) is 2.92. The Kier molecular flexibility index (Phi) is 3.78. The van der Waals surface area contributed by atoms with Crippen molar-refractivity contribution in [2.45, 2.75) is 6.04 Å². The van der Waals surface area contributed by atoms with Gasteiger partial charge in [0.05, 0.1) is 12.2 Å². The van der Waals surface area contributed by atoms with E-state index in [0.29, 0.717) is 0 Å². The molecule has 0 bridgehead atoms. The highest BCUT2D eigenvalue weighted by molar-refractivity contribution is 5.96. The number of aliphatic hydroxyl groups is 1. The number of hydrogen-bond donors (Lipinski definition) is 3. The lowest BCUT2D eigenvalue weighted by Crippen LogP contribution is -2.43. The van der Waals surface area contributed by atoms with E-state index in [-0.39, 0.29) is 5.56 Å². The van der Waals surface area contributed by atoms with Crippen LogP contribution in [0, 0.1) is 0 Å². The van der Waals surface area contributed by atoms with E-state index in [9.17, 15) is 14.4 Å². The smallest absolute Gasteiger partial charge is 0.335 e. The van der Waals surface area contributed by atoms with E-state index in [1.54, 1.807) is 0 Å². The molecule has 1 aromatic rings. The Labute approximate surface area is 89.3 Å². The monoisotopic (exact) mass is 227 g/mol. The van der Waals surface area contributed by atoms with E-state index in [0.717, 1.165) is 12.3 Å². The van der Waals surface area contributed by atoms with Crippen LogP contribution in [0.5, 0.6) is 0 Å². The normalized spacial score (nSPS) is 11.8. The van der Waals surface area contributed by atoms with Crippen LogP contribution in [0.3, 0.4) is 0 Å². The van der Waals surface area contributed by atoms with Gasteiger partial charge in [-0.1, -0.05) is 0 Å². The van der Waals surface area contributed by atoms with Crippen molar-refractivity contribution in [3.8, 4) is 0 Å². The summed E-state index contributed by atoms with van der Waals surface area (Å²) in [5, 5.41) is 19.3. The van der Waals surface area contributed by atoms with Gasteiger partial charge in [0.1, 0.15) is 6.26 Å². The van der Waals surface area contributed by atoms with E-state index >= 15 is 0 Å². The first-order valence-electron chi connectivity index (χ1n) is 4.28. The van der Waals surface area contributed by atoms with E-state index in [1.807, 2.05) is 0 Å². The van der Waals surface area contributed by atoms with E-state index in [1.165, 1.54) is 6.07 Å². The van der Waals surface area contributed by atoms with Crippen LogP contribution in [0.25, 0.3) is 0 Å². The maximum absolute atomic E-state index is 11.4. The van der Waals surface area contributed by atoms with Crippen LogP contribution in [0.1, 0.15) is 10.4 Å². The highest BCUT2D eigenvalue weighted by atomic mass is 16.4. The summed E-state index contributed by atoms with van der Waals surface area (Å²) in [5.41, 5.74) is -0.618. The van der Waals surface area contributed by atoms with Crippen LogP contribution in [0.4, 0.5) is 0 Å². The molecule has 0 aromatic carbocycles. The zero-order valence-corrected chi connectivity index (χ0v) is 8.04. The van der Waals surface area contributed by atoms with Gasteiger partial charge in [-0.2, -0.15) is 0 Å². The number of nitrogens with one attached hydrogen (secondary N) is 1. The first-order chi connectivity index (χ1) is 7.54. The lowest BCUT2D eigenvalue weighted by atomic mass is 10.2. The molecule has 7 nitrogen and oxygen atoms in total. The lowest BCUT2D eigenvalue weighted by Gasteiger charge is -2.10. The number of carboxylic acid groups (broad SMARTS) is 1. The summed E-state index contributed by atoms with van der Waals surface area (Å²) < 4.78 is 4.43. The molecule has 0 aliphatic rings. The maximum atomic E-state index is 11.4. The molecule has 0 saturated carbocycles. The van der Waals surface area contributed by atoms with Crippen LogP contribution in [-0.4, -0.2) is 34.7 Å². The zero-order chi connectivity index (χ0) is 12.1. The molecular weight excluding hydrogens is 218 g/mol. The number of carboxylic acids is 1. The summed E-state index contributed by atoms with van der Waals surface area (Å²) in [6.07, 6.45) is 0.911. The van der Waals surface area contributed by atoms with Gasteiger partial charge in [-0.15, -0.1) is 0 Å². The third-order valence-electron chi connectivity index (χ3n) is 1.75. The Morgan fingerprint density at radius 1 is 1.44 bits per heavy atom. The number of rotatable bonds is 4. The minimum atomic E-state index is -1.39. The molecule has 0 aliphatic heterocycles. The maximum Gasteiger partial charge on any atom is 0.335 e. The second-order valence-corrected chi connectivity index (χ2v) is 2.89. The van der Waals surface area contributed by atoms with Crippen LogP contribution in [0.2, 0.25) is 0 Å². The molecule has 7 heteroatoms. The van der Waals surface area contributed by atoms with Crippen LogP contribution in [-0.2, 0) is 4.79 Å². The minimum Gasteiger partial charge on any atom is -0.480 e. The van der Waals surface area contributed by atoms with Crippen molar-refractivity contribution in [3.63, 3.8) is 0 Å². The van der Waals surface area contributed by atoms with Crippen molar-refractivity contribution in [3.05, 3.63) is 34.4 Å². The zero-order valence-electron chi connectivity index (χ0n) is 8.04. The Morgan fingerprint density at radius 2 is 2.12 bits per heavy atom. The SMILES string of the molecule is O=C(N[C@@H](CO)C(=O)O)c1ccc(=O)oc1. The number of amides is 1. The summed E-state index contributed by atoms with van der Waals surface area (Å²) in [6, 6.07) is 0.834. The summed E-state index contributed by atoms with van der Waals surface area (Å²) in [6.45, 7) is -0.724. The van der Waals surface area contributed by atoms with Crippen molar-refractivity contribution in [1.82, 2.24) is 5.32 Å². The molecule has 0 radical (unpaired) electrons. The quantitative estimate of drug-likeness (QED) is 0.595. The number of aliphatic carboxylic acids is 1. The fourth-order valence-electron chi connectivity index (χ4n) is 0.914. The van der Waals surface area contributed by atoms with Crippen molar-refractivity contribution < 1.29 is 24.2 Å². The van der Waals surface area contributed by atoms with Gasteiger partial charge < -0.3 is 19.9 Å². The topological polar surface area (TPSA) is 117 Å². The van der Waals surface area contributed by atoms with Gasteiger partial charge >= 0.3 is 11.6 Å². The molecule has 1 atom stereocenters. The first kappa shape index (κ1) is 11.9. The second-order valence-electron chi connectivity index (χ2n) is 2.89. The molecule has 1 amide bonds. The predicted octanol–water partition coefficient (Wildman–Crippen LogP) is -1.18. The average molecular weight is 227 g/mol. The second kappa shape index (κ2) is 5.08.